The maximum Gasteiger partial charge on any atom is 0.167 e. The molecule has 0 bridgehead atoms. The molecule has 9 fully saturated rings. The molecule has 6 aliphatic carbocycles. The van der Waals surface area contributed by atoms with E-state index in [1.165, 1.54) is 81.2 Å². The Bertz CT molecular complexity index is 5810. The molecule has 3 aliphatic heterocycles. The van der Waals surface area contributed by atoms with E-state index in [0.717, 1.165) is 164 Å². The zero-order valence-corrected chi connectivity index (χ0v) is 71.3. The zero-order valence-electron chi connectivity index (χ0n) is 71.3. The zero-order chi connectivity index (χ0) is 85.7. The van der Waals surface area contributed by atoms with Gasteiger partial charge in [-0.15, -0.1) is 0 Å². The molecule has 21 rings (SSSR count). The van der Waals surface area contributed by atoms with Gasteiger partial charge in [-0.2, -0.15) is 5.26 Å². The molecular weight excluding hydrogens is 1580 g/mol. The first-order chi connectivity index (χ1) is 60.0. The average molecular weight is 1690 g/mol. The number of aliphatic hydroxyl groups is 6. The second-order valence-corrected chi connectivity index (χ2v) is 37.6. The third-order valence-electron chi connectivity index (χ3n) is 28.8. The Hall–Kier alpha value is -9.87. The fourth-order valence-electron chi connectivity index (χ4n) is 20.6. The number of aromatic nitrogens is 18. The van der Waals surface area contributed by atoms with E-state index in [9.17, 15) is 35.9 Å². The number of H-pyrrole nitrogens is 3. The molecule has 9 aliphatic rings. The van der Waals surface area contributed by atoms with Crippen molar-refractivity contribution in [1.29, 1.82) is 5.26 Å². The summed E-state index contributed by atoms with van der Waals surface area (Å²) in [4.78, 5) is 69.9. The van der Waals surface area contributed by atoms with Crippen LogP contribution in [0.25, 0.3) is 66.6 Å². The number of aliphatic hydroxyl groups excluding tert-OH is 6. The molecule has 34 nitrogen and oxygen atoms in total. The van der Waals surface area contributed by atoms with Gasteiger partial charge >= 0.3 is 0 Å². The molecule has 0 radical (unpaired) electrons. The fourth-order valence-corrected chi connectivity index (χ4v) is 20.6. The van der Waals surface area contributed by atoms with Gasteiger partial charge in [0.15, 0.2) is 53.1 Å². The van der Waals surface area contributed by atoms with Crippen LogP contribution in [0.1, 0.15) is 215 Å². The predicted octanol–water partition coefficient (Wildman–Crippen LogP) is 9.17. The van der Waals surface area contributed by atoms with Crippen molar-refractivity contribution in [3.8, 4) is 6.07 Å². The van der Waals surface area contributed by atoms with E-state index in [1.54, 1.807) is 13.7 Å². The number of hydrogen-bond donors (Lipinski definition) is 12. The lowest BCUT2D eigenvalue weighted by molar-refractivity contribution is -0.0620. The Morgan fingerprint density at radius 2 is 0.782 bits per heavy atom. The molecule has 3 saturated heterocycles. The summed E-state index contributed by atoms with van der Waals surface area (Å²) >= 11 is 0. The Kier molecular flexibility index (Phi) is 23.3. The number of nitrogen functional groups attached to an aromatic ring is 3. The second kappa shape index (κ2) is 34.5. The fraction of sp³-hybridized carbons (Fsp3) is 0.589. The monoisotopic (exact) mass is 1690 g/mol. The molecular formula is C90H117N25O9. The number of hydrogen-bond acceptors (Lipinski definition) is 28. The van der Waals surface area contributed by atoms with Gasteiger partial charge < -0.3 is 77.0 Å². The van der Waals surface area contributed by atoms with Gasteiger partial charge in [0.1, 0.15) is 108 Å². The molecule has 12 heterocycles. The summed E-state index contributed by atoms with van der Waals surface area (Å²) in [6.07, 6.45) is 20.4. The number of imidazole rings is 6. The van der Waals surface area contributed by atoms with Gasteiger partial charge in [0.05, 0.1) is 63.6 Å². The molecule has 3 aromatic carbocycles. The highest BCUT2D eigenvalue weighted by Crippen LogP contribution is 2.47. The van der Waals surface area contributed by atoms with Crippen LogP contribution < -0.4 is 17.2 Å². The number of rotatable bonds is 27. The smallest absolute Gasteiger partial charge is 0.167 e. The molecule has 6 saturated carbocycles. The normalized spacial score (nSPS) is 28.6. The molecule has 0 unspecified atom stereocenters. The Balaban J connectivity index is 0.000000122. The van der Waals surface area contributed by atoms with Gasteiger partial charge in [0.2, 0.25) is 0 Å². The first-order valence-corrected chi connectivity index (χ1v) is 45.0. The van der Waals surface area contributed by atoms with Crippen LogP contribution >= 0.6 is 0 Å². The van der Waals surface area contributed by atoms with Crippen molar-refractivity contribution in [2.45, 2.75) is 297 Å². The lowest BCUT2D eigenvalue weighted by Gasteiger charge is -2.46. The van der Waals surface area contributed by atoms with E-state index in [-0.39, 0.29) is 41.0 Å². The Labute approximate surface area is 718 Å². The molecule has 12 atom stereocenters. The number of ether oxygens (including phenoxy) is 3. The van der Waals surface area contributed by atoms with Crippen molar-refractivity contribution in [3.05, 3.63) is 127 Å². The van der Waals surface area contributed by atoms with Crippen LogP contribution in [0.5, 0.6) is 0 Å². The maximum atomic E-state index is 11.0. The van der Waals surface area contributed by atoms with Crippen molar-refractivity contribution in [2.24, 2.45) is 17.8 Å². The summed E-state index contributed by atoms with van der Waals surface area (Å²) in [5.41, 5.74) is 30.6. The predicted molar refractivity (Wildman–Crippen MR) is 465 cm³/mol. The number of nitrogens with two attached hydrogens (primary N) is 3. The topological polar surface area (TPSA) is 477 Å². The first-order valence-electron chi connectivity index (χ1n) is 45.0. The quantitative estimate of drug-likeness (QED) is 0.0228. The summed E-state index contributed by atoms with van der Waals surface area (Å²) in [6, 6.07) is 24.2. The van der Waals surface area contributed by atoms with Crippen molar-refractivity contribution in [1.82, 2.24) is 103 Å². The number of aromatic amines is 3. The lowest BCUT2D eigenvalue weighted by atomic mass is 9.65. The van der Waals surface area contributed by atoms with Crippen molar-refractivity contribution in [3.63, 3.8) is 0 Å². The minimum atomic E-state index is -1.12. The molecule has 9 aromatic heterocycles. The van der Waals surface area contributed by atoms with Crippen LogP contribution in [-0.4, -0.2) is 245 Å². The third kappa shape index (κ3) is 16.3. The molecule has 656 valence electrons. The molecule has 12 aromatic rings. The summed E-state index contributed by atoms with van der Waals surface area (Å²) in [7, 11) is 0. The van der Waals surface area contributed by atoms with E-state index >= 15 is 0 Å². The van der Waals surface area contributed by atoms with Crippen LogP contribution in [0.2, 0.25) is 0 Å². The lowest BCUT2D eigenvalue weighted by Crippen LogP contribution is -2.52. The molecule has 34 heteroatoms. The number of aryl methyl sites for hydroxylation is 3. The van der Waals surface area contributed by atoms with Gasteiger partial charge in [0.25, 0.3) is 0 Å². The van der Waals surface area contributed by atoms with E-state index in [0.29, 0.717) is 89.0 Å². The van der Waals surface area contributed by atoms with Gasteiger partial charge in [-0.25, -0.2) is 59.8 Å². The Morgan fingerprint density at radius 1 is 0.444 bits per heavy atom. The van der Waals surface area contributed by atoms with Crippen molar-refractivity contribution < 1.29 is 44.8 Å². The molecule has 0 amide bonds. The van der Waals surface area contributed by atoms with Crippen LogP contribution in [0.15, 0.2) is 92.6 Å². The van der Waals surface area contributed by atoms with Gasteiger partial charge in [-0.3, -0.25) is 28.4 Å². The largest absolute Gasteiger partial charge is 0.387 e. The van der Waals surface area contributed by atoms with E-state index in [2.05, 4.69) is 171 Å². The summed E-state index contributed by atoms with van der Waals surface area (Å²) in [6.45, 7) is 14.6. The number of fused-ring (bicyclic) bond motifs is 6. The summed E-state index contributed by atoms with van der Waals surface area (Å²) in [5, 5.41) is 75.2. The number of anilines is 3. The molecule has 15 N–H and O–H groups in total. The van der Waals surface area contributed by atoms with Crippen LogP contribution in [-0.2, 0) is 38.9 Å². The maximum absolute atomic E-state index is 11.0. The van der Waals surface area contributed by atoms with Gasteiger partial charge in [0, 0.05) is 75.1 Å². The van der Waals surface area contributed by atoms with Crippen LogP contribution in [0.3, 0.4) is 0 Å². The minimum Gasteiger partial charge on any atom is -0.387 e. The third-order valence-corrected chi connectivity index (χ3v) is 28.8. The van der Waals surface area contributed by atoms with Crippen molar-refractivity contribution >= 4 is 84.0 Å². The first kappa shape index (κ1) is 83.7. The molecule has 0 spiro atoms. The SMILES string of the molecule is CC(C)N(C[C@H]1O[C@@H](n2cnc3c(N)ncnc32)[C@H](O)[C@@H]1O)C1CC(CCc2nc3ccc(C4(C#N)CCC4)cc3[nH]2)C1.CC(C)N(C[C@H]1O[C@@H](n2cnc3c(N)ncnc32)[C@H](O)[C@@H]1O)C1CC(CCc2nc3ccc(C4CC4)cc3[nH]2)C1.CC(C)N(C[C@H]1O[C@@H](n2cnc3c(N)ncnc32)[C@H](O)[C@@H]1O)C1CC(CCc2nc3ccc(C4CCC4)cc3[nH]2)C1. The molecule has 124 heavy (non-hydrogen) atoms. The average Bonchev–Trinajstić information content (AvgIpc) is 1.65. The number of nitriles is 1. The summed E-state index contributed by atoms with van der Waals surface area (Å²) in [5.74, 6) is 7.31. The van der Waals surface area contributed by atoms with Crippen molar-refractivity contribution in [2.75, 3.05) is 36.8 Å². The van der Waals surface area contributed by atoms with Crippen LogP contribution in [0.4, 0.5) is 17.5 Å². The van der Waals surface area contributed by atoms with Gasteiger partial charge in [-0.05, 0) is 227 Å². The highest BCUT2D eigenvalue weighted by molar-refractivity contribution is 5.83. The minimum absolute atomic E-state index is 0.255. The highest BCUT2D eigenvalue weighted by atomic mass is 16.6. The van der Waals surface area contributed by atoms with Gasteiger partial charge in [-0.1, -0.05) is 24.6 Å². The second-order valence-electron chi connectivity index (χ2n) is 37.6. The highest BCUT2D eigenvalue weighted by Gasteiger charge is 2.51. The Morgan fingerprint density at radius 3 is 1.09 bits per heavy atom. The van der Waals surface area contributed by atoms with E-state index < -0.39 is 73.6 Å². The van der Waals surface area contributed by atoms with Crippen LogP contribution in [0, 0.1) is 29.1 Å². The number of nitrogens with one attached hydrogen (secondary N) is 3. The number of benzene rings is 3. The van der Waals surface area contributed by atoms with E-state index in [1.807, 2.05) is 6.07 Å². The number of nitrogens with zero attached hydrogens (tertiary/aromatic N) is 19. The standard InChI is InChI=1S/C31H39N9O3.C30H40N8O3.C29H38N8O3/c1-17(2)39(13-23-26(41)27(42)30(43-23)40-16-36-25-28(33)34-15-35-29(25)40)20-10-18(11-20)4-7-24-37-21-6-5-19(12-22(21)38-24)31(14-32)8-3-9-31;1-16(2)37(13-23-26(39)27(40)30(41-23)38-15-34-25-28(31)32-14-33-29(25)38)20-10-17(11-20)6-9-24-35-21-8-7-19(12-22(21)36-24)18-4-3-5-18;1-15(2)36(12-22-25(38)26(39)29(40-22)37-14-33-24-27(30)31-13-32-28(24)37)19-9-16(10-19)3-8-23-34-20-7-6-18(17-4-5-17)11-21(20)35-23/h5-6,12,15-18,20,23,26-27,30,41-42H,3-4,7-11,13H2,1-2H3,(H,37,38)(H2,33,34,35);7-8,12,14-18,20,23,26-27,30,39-40H,3-6,9-11,13H2,1-2H3,(H,35,36)(H2,31,32,33);6-7,11,13-17,19,22,25-26,29,38-39H,3-5,8-10,12H2,1-2H3,(H,34,35)(H2,30,31,32)/t18?,20?,23-,26-,27-,30-;17?,20?,23-,26-,27-,30-;16?,19?,22-,25-,26-,29-/m111/s1. The van der Waals surface area contributed by atoms with E-state index in [4.69, 9.17) is 46.4 Å². The summed E-state index contributed by atoms with van der Waals surface area (Å²) < 4.78 is 23.6.